The van der Waals surface area contributed by atoms with E-state index in [1.165, 1.54) is 0 Å². The summed E-state index contributed by atoms with van der Waals surface area (Å²) in [5.74, 6) is 0. The highest BCUT2D eigenvalue weighted by Gasteiger charge is 2.17. The minimum atomic E-state index is 0.646. The smallest absolute Gasteiger partial charge is 0.155 e. The summed E-state index contributed by atoms with van der Waals surface area (Å²) in [4.78, 5) is 9.06. The fraction of sp³-hybridized carbons (Fsp3) is 0.176. The molecule has 0 radical (unpaired) electrons. The molecule has 0 saturated heterocycles. The highest BCUT2D eigenvalue weighted by atomic mass is 35.5. The van der Waals surface area contributed by atoms with Crippen LogP contribution < -0.4 is 0 Å². The molecule has 0 atom stereocenters. The molecule has 6 nitrogen and oxygen atoms in total. The Morgan fingerprint density at radius 1 is 1.12 bits per heavy atom. The van der Waals surface area contributed by atoms with Gasteiger partial charge in [0.2, 0.25) is 0 Å². The van der Waals surface area contributed by atoms with E-state index in [4.69, 9.17) is 11.6 Å². The van der Waals surface area contributed by atoms with Gasteiger partial charge in [0, 0.05) is 29.9 Å². The van der Waals surface area contributed by atoms with Crippen molar-refractivity contribution in [2.75, 3.05) is 0 Å². The maximum Gasteiger partial charge on any atom is 0.155 e. The average Bonchev–Trinajstić information content (AvgIpc) is 3.15. The molecule has 4 heterocycles. The number of aromatic nitrogens is 6. The van der Waals surface area contributed by atoms with E-state index in [1.807, 2.05) is 45.3 Å². The van der Waals surface area contributed by atoms with Crippen LogP contribution in [0.25, 0.3) is 33.5 Å². The van der Waals surface area contributed by atoms with Crippen molar-refractivity contribution in [1.29, 1.82) is 0 Å². The molecule has 7 heteroatoms. The second-order valence-corrected chi connectivity index (χ2v) is 6.18. The molecule has 4 rings (SSSR count). The SMILES string of the molecule is Cc1cc(-c2cn(C)nc2-c2ccc(Cl)c(C)n2)c2cn[nH]c2n1. The van der Waals surface area contributed by atoms with Crippen LogP contribution in [-0.4, -0.2) is 29.9 Å². The van der Waals surface area contributed by atoms with Gasteiger partial charge in [0.1, 0.15) is 5.69 Å². The molecule has 4 aromatic rings. The van der Waals surface area contributed by atoms with E-state index >= 15 is 0 Å². The van der Waals surface area contributed by atoms with Gasteiger partial charge in [-0.05, 0) is 37.6 Å². The minimum absolute atomic E-state index is 0.646. The van der Waals surface area contributed by atoms with Gasteiger partial charge in [-0.3, -0.25) is 9.78 Å². The molecule has 0 aromatic carbocycles. The van der Waals surface area contributed by atoms with Crippen LogP contribution in [0.4, 0.5) is 0 Å². The molecule has 0 saturated carbocycles. The van der Waals surface area contributed by atoms with Gasteiger partial charge in [0.25, 0.3) is 0 Å². The number of aryl methyl sites for hydroxylation is 3. The summed E-state index contributed by atoms with van der Waals surface area (Å²) in [7, 11) is 1.90. The summed E-state index contributed by atoms with van der Waals surface area (Å²) >= 11 is 6.11. The monoisotopic (exact) mass is 338 g/mol. The summed E-state index contributed by atoms with van der Waals surface area (Å²) < 4.78 is 1.79. The Bertz CT molecular complexity index is 1060. The Labute approximate surface area is 143 Å². The summed E-state index contributed by atoms with van der Waals surface area (Å²) in [6.45, 7) is 3.85. The molecule has 0 aliphatic carbocycles. The molecule has 120 valence electrons. The first kappa shape index (κ1) is 14.8. The topological polar surface area (TPSA) is 72.3 Å². The van der Waals surface area contributed by atoms with Crippen molar-refractivity contribution >= 4 is 22.6 Å². The first-order valence-corrected chi connectivity index (χ1v) is 7.89. The molecule has 0 amide bonds. The minimum Gasteiger partial charge on any atom is -0.274 e. The van der Waals surface area contributed by atoms with Crippen LogP contribution in [0.1, 0.15) is 11.4 Å². The van der Waals surface area contributed by atoms with E-state index in [1.54, 1.807) is 10.9 Å². The molecule has 0 spiro atoms. The molecule has 1 N–H and O–H groups in total. The third-order valence-electron chi connectivity index (χ3n) is 3.93. The highest BCUT2D eigenvalue weighted by molar-refractivity contribution is 6.31. The quantitative estimate of drug-likeness (QED) is 0.605. The van der Waals surface area contributed by atoms with Crippen LogP contribution in [0.5, 0.6) is 0 Å². The predicted octanol–water partition coefficient (Wildman–Crippen LogP) is 3.69. The Kier molecular flexibility index (Phi) is 3.35. The third kappa shape index (κ3) is 2.35. The Hall–Kier alpha value is -2.73. The lowest BCUT2D eigenvalue weighted by atomic mass is 10.0. The van der Waals surface area contributed by atoms with E-state index in [0.29, 0.717) is 5.02 Å². The Morgan fingerprint density at radius 3 is 2.75 bits per heavy atom. The lowest BCUT2D eigenvalue weighted by Crippen LogP contribution is -1.93. The first-order chi connectivity index (χ1) is 11.5. The fourth-order valence-electron chi connectivity index (χ4n) is 2.83. The number of aromatic amines is 1. The van der Waals surface area contributed by atoms with Crippen LogP contribution in [0.2, 0.25) is 5.02 Å². The molecule has 0 fully saturated rings. The van der Waals surface area contributed by atoms with Crippen LogP contribution in [0, 0.1) is 13.8 Å². The van der Waals surface area contributed by atoms with Gasteiger partial charge < -0.3 is 0 Å². The maximum absolute atomic E-state index is 6.11. The zero-order chi connectivity index (χ0) is 16.8. The van der Waals surface area contributed by atoms with Gasteiger partial charge in [0.05, 0.1) is 22.6 Å². The van der Waals surface area contributed by atoms with Crippen molar-refractivity contribution < 1.29 is 0 Å². The lowest BCUT2D eigenvalue weighted by molar-refractivity contribution is 0.770. The second-order valence-electron chi connectivity index (χ2n) is 5.77. The molecular formula is C17H15ClN6. The normalized spacial score (nSPS) is 11.3. The van der Waals surface area contributed by atoms with Crippen molar-refractivity contribution in [3.05, 3.63) is 47.0 Å². The molecule has 4 aromatic heterocycles. The average molecular weight is 339 g/mol. The predicted molar refractivity (Wildman–Crippen MR) is 93.8 cm³/mol. The summed E-state index contributed by atoms with van der Waals surface area (Å²) in [6, 6.07) is 5.78. The fourth-order valence-corrected chi connectivity index (χ4v) is 2.94. The highest BCUT2D eigenvalue weighted by Crippen LogP contribution is 2.34. The van der Waals surface area contributed by atoms with Crippen LogP contribution in [-0.2, 0) is 7.05 Å². The molecule has 0 aliphatic heterocycles. The van der Waals surface area contributed by atoms with Crippen LogP contribution in [0.15, 0.2) is 30.6 Å². The number of pyridine rings is 2. The van der Waals surface area contributed by atoms with Gasteiger partial charge in [-0.2, -0.15) is 10.2 Å². The zero-order valence-electron chi connectivity index (χ0n) is 13.5. The molecular weight excluding hydrogens is 324 g/mol. The Balaban J connectivity index is 1.99. The number of fused-ring (bicyclic) bond motifs is 1. The number of H-pyrrole nitrogens is 1. The van der Waals surface area contributed by atoms with Gasteiger partial charge in [-0.25, -0.2) is 9.97 Å². The molecule has 0 unspecified atom stereocenters. The van der Waals surface area contributed by atoms with E-state index in [2.05, 4.69) is 25.3 Å². The molecule has 0 bridgehead atoms. The standard InChI is InChI=1S/C17H15ClN6/c1-9-6-11(12-7-19-22-17(12)20-9)13-8-24(3)23-16(13)15-5-4-14(18)10(2)21-15/h4-8H,1-3H3,(H,19,20,22). The van der Waals surface area contributed by atoms with Crippen molar-refractivity contribution in [1.82, 2.24) is 29.9 Å². The number of nitrogens with zero attached hydrogens (tertiary/aromatic N) is 5. The number of nitrogens with one attached hydrogen (secondary N) is 1. The molecule has 24 heavy (non-hydrogen) atoms. The summed E-state index contributed by atoms with van der Waals surface area (Å²) in [6.07, 6.45) is 3.77. The largest absolute Gasteiger partial charge is 0.274 e. The van der Waals surface area contributed by atoms with Gasteiger partial charge in [-0.15, -0.1) is 0 Å². The van der Waals surface area contributed by atoms with Crippen molar-refractivity contribution in [2.24, 2.45) is 7.05 Å². The third-order valence-corrected chi connectivity index (χ3v) is 4.33. The van der Waals surface area contributed by atoms with E-state index in [9.17, 15) is 0 Å². The zero-order valence-corrected chi connectivity index (χ0v) is 14.3. The van der Waals surface area contributed by atoms with Gasteiger partial charge >= 0.3 is 0 Å². The second kappa shape index (κ2) is 5.42. The number of rotatable bonds is 2. The lowest BCUT2D eigenvalue weighted by Gasteiger charge is -2.06. The van der Waals surface area contributed by atoms with Crippen molar-refractivity contribution in [3.63, 3.8) is 0 Å². The molecule has 0 aliphatic rings. The van der Waals surface area contributed by atoms with Crippen molar-refractivity contribution in [2.45, 2.75) is 13.8 Å². The van der Waals surface area contributed by atoms with E-state index in [0.717, 1.165) is 44.9 Å². The maximum atomic E-state index is 6.11. The number of hydrogen-bond acceptors (Lipinski definition) is 4. The van der Waals surface area contributed by atoms with Crippen LogP contribution >= 0.6 is 11.6 Å². The van der Waals surface area contributed by atoms with Crippen molar-refractivity contribution in [3.8, 4) is 22.5 Å². The summed E-state index contributed by atoms with van der Waals surface area (Å²) in [5, 5.41) is 13.3. The van der Waals surface area contributed by atoms with Gasteiger partial charge in [-0.1, -0.05) is 11.6 Å². The number of hydrogen-bond donors (Lipinski definition) is 1. The van der Waals surface area contributed by atoms with Crippen LogP contribution in [0.3, 0.4) is 0 Å². The van der Waals surface area contributed by atoms with E-state index < -0.39 is 0 Å². The van der Waals surface area contributed by atoms with E-state index in [-0.39, 0.29) is 0 Å². The summed E-state index contributed by atoms with van der Waals surface area (Å²) in [5.41, 5.74) is 6.08. The first-order valence-electron chi connectivity index (χ1n) is 7.51. The Morgan fingerprint density at radius 2 is 1.96 bits per heavy atom. The van der Waals surface area contributed by atoms with Gasteiger partial charge in [0.15, 0.2) is 5.65 Å². The number of halogens is 1.